The van der Waals surface area contributed by atoms with Crippen molar-refractivity contribution in [2.24, 2.45) is 0 Å². The van der Waals surface area contributed by atoms with Crippen LogP contribution in [0.3, 0.4) is 0 Å². The van der Waals surface area contributed by atoms with Crippen LogP contribution in [0.25, 0.3) is 0 Å². The van der Waals surface area contributed by atoms with Crippen LogP contribution in [-0.4, -0.2) is 22.4 Å². The van der Waals surface area contributed by atoms with Crippen LogP contribution in [0.1, 0.15) is 57.1 Å². The van der Waals surface area contributed by atoms with E-state index < -0.39 is 5.54 Å². The van der Waals surface area contributed by atoms with Gasteiger partial charge in [-0.3, -0.25) is 9.69 Å². The summed E-state index contributed by atoms with van der Waals surface area (Å²) in [5.41, 5.74) is 0.603. The Balaban J connectivity index is 2.01. The Bertz CT molecular complexity index is 618. The van der Waals surface area contributed by atoms with Gasteiger partial charge in [-0.25, -0.2) is 4.79 Å². The van der Waals surface area contributed by atoms with E-state index in [1.165, 1.54) is 4.90 Å². The van der Waals surface area contributed by atoms with Crippen LogP contribution in [0.5, 0.6) is 0 Å². The van der Waals surface area contributed by atoms with Gasteiger partial charge in [0.1, 0.15) is 5.54 Å². The minimum Gasteiger partial charge on any atom is -0.323 e. The molecule has 1 heterocycles. The molecule has 1 fully saturated rings. The van der Waals surface area contributed by atoms with Crippen LogP contribution in [0, 0.1) is 11.3 Å². The molecular weight excluding hydrogens is 290 g/mol. The smallest absolute Gasteiger partial charge is 0.323 e. The lowest BCUT2D eigenvalue weighted by molar-refractivity contribution is -0.131. The van der Waals surface area contributed by atoms with Gasteiger partial charge in [-0.05, 0) is 31.0 Å². The fourth-order valence-electron chi connectivity index (χ4n) is 2.83. The average molecular weight is 313 g/mol. The molecule has 1 atom stereocenters. The molecule has 3 amide bonds. The zero-order valence-corrected chi connectivity index (χ0v) is 13.8. The van der Waals surface area contributed by atoms with Gasteiger partial charge >= 0.3 is 6.03 Å². The Kier molecular flexibility index (Phi) is 5.38. The molecule has 1 aliphatic heterocycles. The minimum atomic E-state index is -0.794. The zero-order valence-electron chi connectivity index (χ0n) is 13.8. The van der Waals surface area contributed by atoms with Crippen molar-refractivity contribution in [3.63, 3.8) is 0 Å². The van der Waals surface area contributed by atoms with Gasteiger partial charge in [0.15, 0.2) is 0 Å². The second-order valence-corrected chi connectivity index (χ2v) is 6.27. The molecule has 1 aliphatic rings. The fraction of sp³-hybridized carbons (Fsp3) is 0.500. The summed E-state index contributed by atoms with van der Waals surface area (Å²) in [6.07, 6.45) is 4.96. The summed E-state index contributed by atoms with van der Waals surface area (Å²) in [6, 6.07) is 8.65. The van der Waals surface area contributed by atoms with Crippen molar-refractivity contribution < 1.29 is 9.59 Å². The predicted molar refractivity (Wildman–Crippen MR) is 87.4 cm³/mol. The third-order valence-corrected chi connectivity index (χ3v) is 4.30. The lowest BCUT2D eigenvalue weighted by Crippen LogP contribution is -2.43. The summed E-state index contributed by atoms with van der Waals surface area (Å²) in [5.74, 6) is -0.164. The lowest BCUT2D eigenvalue weighted by Gasteiger charge is -2.21. The molecule has 0 unspecified atom stereocenters. The van der Waals surface area contributed by atoms with Crippen LogP contribution in [0.15, 0.2) is 24.3 Å². The van der Waals surface area contributed by atoms with E-state index in [2.05, 4.69) is 18.3 Å². The molecule has 1 aromatic carbocycles. The number of hydrogen-bond acceptors (Lipinski definition) is 3. The van der Waals surface area contributed by atoms with E-state index in [0.717, 1.165) is 31.2 Å². The van der Waals surface area contributed by atoms with Crippen molar-refractivity contribution in [3.8, 4) is 6.07 Å². The molecule has 2 rings (SSSR count). The van der Waals surface area contributed by atoms with Crippen LogP contribution >= 0.6 is 0 Å². The fourth-order valence-corrected chi connectivity index (χ4v) is 2.83. The highest BCUT2D eigenvalue weighted by Crippen LogP contribution is 2.25. The number of hydrogen-bond donors (Lipinski definition) is 1. The van der Waals surface area contributed by atoms with Gasteiger partial charge in [0.2, 0.25) is 0 Å². The summed E-state index contributed by atoms with van der Waals surface area (Å²) >= 11 is 0. The Morgan fingerprint density at radius 1 is 1.17 bits per heavy atom. The van der Waals surface area contributed by atoms with Crippen molar-refractivity contribution in [2.45, 2.75) is 58.0 Å². The summed E-state index contributed by atoms with van der Waals surface area (Å²) < 4.78 is 0. The zero-order chi connectivity index (χ0) is 16.9. The number of carbonyl (C=O) groups excluding carboxylic acids is 2. The molecule has 23 heavy (non-hydrogen) atoms. The molecule has 5 heteroatoms. The molecule has 0 saturated carbocycles. The van der Waals surface area contributed by atoms with Gasteiger partial charge in [-0.1, -0.05) is 44.7 Å². The first-order chi connectivity index (χ1) is 11.0. The van der Waals surface area contributed by atoms with E-state index in [1.807, 2.05) is 0 Å². The number of nitriles is 1. The Morgan fingerprint density at radius 2 is 1.87 bits per heavy atom. The van der Waals surface area contributed by atoms with E-state index in [1.54, 1.807) is 31.2 Å². The van der Waals surface area contributed by atoms with Crippen molar-refractivity contribution in [2.75, 3.05) is 0 Å². The monoisotopic (exact) mass is 313 g/mol. The summed E-state index contributed by atoms with van der Waals surface area (Å²) in [5, 5.41) is 11.6. The third-order valence-electron chi connectivity index (χ3n) is 4.30. The Labute approximate surface area is 137 Å². The quantitative estimate of drug-likeness (QED) is 0.620. The Hall–Kier alpha value is -2.35. The first kappa shape index (κ1) is 17.0. The van der Waals surface area contributed by atoms with E-state index in [-0.39, 0.29) is 18.5 Å². The van der Waals surface area contributed by atoms with Gasteiger partial charge in [-0.15, -0.1) is 0 Å². The first-order valence-corrected chi connectivity index (χ1v) is 8.13. The minimum absolute atomic E-state index is 0.164. The van der Waals surface area contributed by atoms with Gasteiger partial charge in [0, 0.05) is 0 Å². The maximum Gasteiger partial charge on any atom is 0.325 e. The van der Waals surface area contributed by atoms with Crippen molar-refractivity contribution in [3.05, 3.63) is 35.4 Å². The topological polar surface area (TPSA) is 73.2 Å². The molecule has 122 valence electrons. The summed E-state index contributed by atoms with van der Waals surface area (Å²) in [6.45, 7) is 4.18. The lowest BCUT2D eigenvalue weighted by atomic mass is 9.94. The Morgan fingerprint density at radius 3 is 2.48 bits per heavy atom. The van der Waals surface area contributed by atoms with Crippen molar-refractivity contribution in [1.82, 2.24) is 10.2 Å². The normalized spacial score (nSPS) is 20.5. The van der Waals surface area contributed by atoms with Gasteiger partial charge in [0.25, 0.3) is 5.91 Å². The number of imide groups is 1. The molecule has 1 N–H and O–H groups in total. The largest absolute Gasteiger partial charge is 0.325 e. The second-order valence-electron chi connectivity index (χ2n) is 6.27. The number of amides is 3. The van der Waals surface area contributed by atoms with Gasteiger partial charge in [-0.2, -0.15) is 5.26 Å². The molecule has 0 bridgehead atoms. The average Bonchev–Trinajstić information content (AvgIpc) is 2.76. The van der Waals surface area contributed by atoms with Crippen LogP contribution in [0.2, 0.25) is 0 Å². The maximum absolute atomic E-state index is 12.6. The van der Waals surface area contributed by atoms with Gasteiger partial charge in [0.05, 0.1) is 18.2 Å². The molecule has 0 aliphatic carbocycles. The van der Waals surface area contributed by atoms with E-state index in [4.69, 9.17) is 5.26 Å². The van der Waals surface area contributed by atoms with Gasteiger partial charge < -0.3 is 5.32 Å². The predicted octanol–water partition coefficient (Wildman–Crippen LogP) is 3.34. The molecule has 1 saturated heterocycles. The van der Waals surface area contributed by atoms with Crippen LogP contribution in [-0.2, 0) is 11.3 Å². The second kappa shape index (κ2) is 7.28. The molecule has 5 nitrogen and oxygen atoms in total. The highest BCUT2D eigenvalue weighted by atomic mass is 16.2. The van der Waals surface area contributed by atoms with E-state index in [0.29, 0.717) is 12.0 Å². The number of rotatable bonds is 7. The molecule has 0 aromatic heterocycles. The summed E-state index contributed by atoms with van der Waals surface area (Å²) in [7, 11) is 0. The molecule has 1 aromatic rings. The number of unbranched alkanes of at least 4 members (excludes halogenated alkanes) is 3. The number of nitrogens with zero attached hydrogens (tertiary/aromatic N) is 2. The third kappa shape index (κ3) is 3.89. The van der Waals surface area contributed by atoms with Crippen LogP contribution in [0.4, 0.5) is 4.79 Å². The SMILES string of the molecule is CCCCCC[C@]1(C)NC(=O)N(Cc2ccc(C#N)cc2)C1=O. The highest BCUT2D eigenvalue weighted by Gasteiger charge is 2.46. The molecule has 0 radical (unpaired) electrons. The maximum atomic E-state index is 12.6. The first-order valence-electron chi connectivity index (χ1n) is 8.13. The van der Waals surface area contributed by atoms with Crippen molar-refractivity contribution >= 4 is 11.9 Å². The number of nitrogens with one attached hydrogen (secondary N) is 1. The number of benzene rings is 1. The van der Waals surface area contributed by atoms with Crippen molar-refractivity contribution in [1.29, 1.82) is 5.26 Å². The molecular formula is C18H23N3O2. The number of carbonyl (C=O) groups is 2. The summed E-state index contributed by atoms with van der Waals surface area (Å²) in [4.78, 5) is 26.0. The highest BCUT2D eigenvalue weighted by molar-refractivity contribution is 6.06. The van der Waals surface area contributed by atoms with E-state index >= 15 is 0 Å². The standard InChI is InChI=1S/C18H23N3O2/c1-3-4-5-6-11-18(2)16(22)21(17(23)20-18)13-15-9-7-14(12-19)8-10-15/h7-10H,3-6,11,13H2,1-2H3,(H,20,23)/t18-/m0/s1. The van der Waals surface area contributed by atoms with Crippen LogP contribution < -0.4 is 5.32 Å². The molecule has 0 spiro atoms. The number of urea groups is 1. The van der Waals surface area contributed by atoms with E-state index in [9.17, 15) is 9.59 Å².